The average molecular weight is 187 g/mol. The first-order valence-electron chi connectivity index (χ1n) is 4.76. The van der Waals surface area contributed by atoms with E-state index in [1.807, 2.05) is 34.6 Å². The first-order valence-corrected chi connectivity index (χ1v) is 4.76. The van der Waals surface area contributed by atoms with Crippen LogP contribution >= 0.6 is 0 Å². The predicted molar refractivity (Wildman–Crippen MR) is 53.3 cm³/mol. The molecule has 0 aliphatic carbocycles. The molecule has 2 N–H and O–H groups in total. The van der Waals surface area contributed by atoms with Crippen LogP contribution in [-0.4, -0.2) is 17.6 Å². The van der Waals surface area contributed by atoms with Crippen LogP contribution in [0, 0.1) is 5.92 Å². The minimum absolute atomic E-state index is 0.176. The van der Waals surface area contributed by atoms with E-state index in [1.165, 1.54) is 0 Å². The largest absolute Gasteiger partial charge is 0.459 e. The fraction of sp³-hybridized carbons (Fsp3) is 0.900. The summed E-state index contributed by atoms with van der Waals surface area (Å²) in [7, 11) is 0. The highest BCUT2D eigenvalue weighted by Crippen LogP contribution is 2.12. The molecule has 3 nitrogen and oxygen atoms in total. The Hall–Kier alpha value is -0.570. The summed E-state index contributed by atoms with van der Waals surface area (Å²) in [6.45, 7) is 9.49. The molecule has 0 spiro atoms. The van der Waals surface area contributed by atoms with Crippen LogP contribution in [0.3, 0.4) is 0 Å². The molecule has 0 aromatic rings. The molecule has 0 saturated heterocycles. The van der Waals surface area contributed by atoms with Gasteiger partial charge in [-0.05, 0) is 26.7 Å². The first-order chi connectivity index (χ1) is 5.78. The van der Waals surface area contributed by atoms with Crippen LogP contribution in [0.2, 0.25) is 0 Å². The summed E-state index contributed by atoms with van der Waals surface area (Å²) in [6.07, 6.45) is 0.889. The second kappa shape index (κ2) is 4.61. The molecule has 0 bridgehead atoms. The van der Waals surface area contributed by atoms with Gasteiger partial charge in [0.05, 0.1) is 0 Å². The van der Waals surface area contributed by atoms with E-state index in [0.717, 1.165) is 6.42 Å². The van der Waals surface area contributed by atoms with Crippen molar-refractivity contribution < 1.29 is 9.53 Å². The Morgan fingerprint density at radius 2 is 1.92 bits per heavy atom. The second-order valence-electron chi connectivity index (χ2n) is 4.44. The van der Waals surface area contributed by atoms with E-state index < -0.39 is 11.6 Å². The summed E-state index contributed by atoms with van der Waals surface area (Å²) < 4.78 is 5.16. The van der Waals surface area contributed by atoms with Crippen LogP contribution in [0.25, 0.3) is 0 Å². The zero-order chi connectivity index (χ0) is 10.6. The molecule has 0 aromatic heterocycles. The van der Waals surface area contributed by atoms with E-state index >= 15 is 0 Å². The van der Waals surface area contributed by atoms with Gasteiger partial charge in [-0.15, -0.1) is 0 Å². The van der Waals surface area contributed by atoms with Crippen LogP contribution in [0.4, 0.5) is 0 Å². The minimum Gasteiger partial charge on any atom is -0.459 e. The zero-order valence-electron chi connectivity index (χ0n) is 9.26. The standard InChI is InChI=1S/C10H21NO2/c1-6-7(2)8(11)9(12)13-10(3,4)5/h7-8H,6,11H2,1-5H3/t7-,8+/m0/s1. The van der Waals surface area contributed by atoms with Crippen LogP contribution in [-0.2, 0) is 9.53 Å². The van der Waals surface area contributed by atoms with Gasteiger partial charge in [-0.3, -0.25) is 4.79 Å². The maximum absolute atomic E-state index is 11.4. The van der Waals surface area contributed by atoms with Crippen molar-refractivity contribution in [3.8, 4) is 0 Å². The molecule has 0 aliphatic rings. The molecule has 0 unspecified atom stereocenters. The molecule has 0 fully saturated rings. The quantitative estimate of drug-likeness (QED) is 0.684. The van der Waals surface area contributed by atoms with E-state index in [-0.39, 0.29) is 11.9 Å². The van der Waals surface area contributed by atoms with Crippen molar-refractivity contribution in [2.24, 2.45) is 11.7 Å². The van der Waals surface area contributed by atoms with Crippen LogP contribution in [0.15, 0.2) is 0 Å². The van der Waals surface area contributed by atoms with Gasteiger partial charge in [0.2, 0.25) is 0 Å². The van der Waals surface area contributed by atoms with E-state index in [1.54, 1.807) is 0 Å². The summed E-state index contributed by atoms with van der Waals surface area (Å²) in [5.41, 5.74) is 5.26. The lowest BCUT2D eigenvalue weighted by atomic mass is 10.00. The number of carbonyl (C=O) groups is 1. The van der Waals surface area contributed by atoms with Gasteiger partial charge in [0, 0.05) is 0 Å². The fourth-order valence-electron chi connectivity index (χ4n) is 0.856. The van der Waals surface area contributed by atoms with Gasteiger partial charge in [-0.1, -0.05) is 20.3 Å². The average Bonchev–Trinajstić information content (AvgIpc) is 1.98. The van der Waals surface area contributed by atoms with Crippen molar-refractivity contribution in [1.82, 2.24) is 0 Å². The Balaban J connectivity index is 4.12. The summed E-state index contributed by atoms with van der Waals surface area (Å²) in [5.74, 6) is -0.128. The SMILES string of the molecule is CC[C@H](C)[C@@H](N)C(=O)OC(C)(C)C. The fourth-order valence-corrected chi connectivity index (χ4v) is 0.856. The summed E-state index contributed by atoms with van der Waals surface area (Å²) in [4.78, 5) is 11.4. The molecule has 0 heterocycles. The predicted octanol–water partition coefficient (Wildman–Crippen LogP) is 1.70. The van der Waals surface area contributed by atoms with E-state index in [2.05, 4.69) is 0 Å². The van der Waals surface area contributed by atoms with Gasteiger partial charge in [-0.2, -0.15) is 0 Å². The van der Waals surface area contributed by atoms with Gasteiger partial charge >= 0.3 is 5.97 Å². The number of nitrogens with two attached hydrogens (primary N) is 1. The molecule has 13 heavy (non-hydrogen) atoms. The highest BCUT2D eigenvalue weighted by molar-refractivity contribution is 5.76. The highest BCUT2D eigenvalue weighted by atomic mass is 16.6. The molecule has 3 heteroatoms. The van der Waals surface area contributed by atoms with Gasteiger partial charge in [-0.25, -0.2) is 0 Å². The number of hydrogen-bond acceptors (Lipinski definition) is 3. The lowest BCUT2D eigenvalue weighted by Crippen LogP contribution is -2.41. The molecule has 0 rings (SSSR count). The first kappa shape index (κ1) is 12.4. The Bertz CT molecular complexity index is 172. The number of hydrogen-bond donors (Lipinski definition) is 1. The lowest BCUT2D eigenvalue weighted by molar-refractivity contribution is -0.157. The molecule has 0 saturated carbocycles. The topological polar surface area (TPSA) is 52.3 Å². The molecular weight excluding hydrogens is 166 g/mol. The van der Waals surface area contributed by atoms with Gasteiger partial charge in [0.15, 0.2) is 0 Å². The van der Waals surface area contributed by atoms with Crippen LogP contribution in [0.1, 0.15) is 41.0 Å². The monoisotopic (exact) mass is 187 g/mol. The Kier molecular flexibility index (Phi) is 4.40. The van der Waals surface area contributed by atoms with Crippen molar-refractivity contribution >= 4 is 5.97 Å². The Morgan fingerprint density at radius 1 is 1.46 bits per heavy atom. The molecule has 78 valence electrons. The minimum atomic E-state index is -0.496. The van der Waals surface area contributed by atoms with E-state index in [4.69, 9.17) is 10.5 Å². The van der Waals surface area contributed by atoms with Crippen molar-refractivity contribution in [1.29, 1.82) is 0 Å². The lowest BCUT2D eigenvalue weighted by Gasteiger charge is -2.24. The van der Waals surface area contributed by atoms with Gasteiger partial charge in [0.25, 0.3) is 0 Å². The number of rotatable bonds is 3. The van der Waals surface area contributed by atoms with Crippen LogP contribution in [0.5, 0.6) is 0 Å². The Morgan fingerprint density at radius 3 is 2.23 bits per heavy atom. The maximum atomic E-state index is 11.4. The summed E-state index contributed by atoms with van der Waals surface area (Å²) >= 11 is 0. The zero-order valence-corrected chi connectivity index (χ0v) is 9.26. The number of esters is 1. The highest BCUT2D eigenvalue weighted by Gasteiger charge is 2.25. The van der Waals surface area contributed by atoms with E-state index in [9.17, 15) is 4.79 Å². The third-order valence-corrected chi connectivity index (χ3v) is 1.94. The van der Waals surface area contributed by atoms with Gasteiger partial charge < -0.3 is 10.5 Å². The number of carbonyl (C=O) groups excluding carboxylic acids is 1. The van der Waals surface area contributed by atoms with Crippen molar-refractivity contribution in [3.63, 3.8) is 0 Å². The third-order valence-electron chi connectivity index (χ3n) is 1.94. The molecular formula is C10H21NO2. The summed E-state index contributed by atoms with van der Waals surface area (Å²) in [5, 5.41) is 0. The number of ether oxygens (including phenoxy) is 1. The van der Waals surface area contributed by atoms with Crippen molar-refractivity contribution in [2.45, 2.75) is 52.7 Å². The second-order valence-corrected chi connectivity index (χ2v) is 4.44. The van der Waals surface area contributed by atoms with Crippen LogP contribution < -0.4 is 5.73 Å². The maximum Gasteiger partial charge on any atom is 0.323 e. The molecule has 0 aliphatic heterocycles. The van der Waals surface area contributed by atoms with Gasteiger partial charge in [0.1, 0.15) is 11.6 Å². The normalized spacial score (nSPS) is 16.5. The molecule has 0 aromatic carbocycles. The Labute approximate surface area is 80.6 Å². The van der Waals surface area contributed by atoms with E-state index in [0.29, 0.717) is 0 Å². The third kappa shape index (κ3) is 4.88. The molecule has 2 atom stereocenters. The summed E-state index contributed by atoms with van der Waals surface area (Å²) in [6, 6.07) is -0.496. The van der Waals surface area contributed by atoms with Crippen molar-refractivity contribution in [3.05, 3.63) is 0 Å². The smallest absolute Gasteiger partial charge is 0.323 e. The molecule has 0 amide bonds. The molecule has 0 radical (unpaired) electrons. The van der Waals surface area contributed by atoms with Crippen molar-refractivity contribution in [2.75, 3.05) is 0 Å².